The maximum absolute atomic E-state index is 10.9. The Morgan fingerprint density at radius 3 is 3.00 bits per heavy atom. The Morgan fingerprint density at radius 1 is 1.78 bits per heavy atom. The van der Waals surface area contributed by atoms with Crippen molar-refractivity contribution < 1.29 is 26.0 Å². The van der Waals surface area contributed by atoms with Gasteiger partial charge in [0.15, 0.2) is 0 Å². The van der Waals surface area contributed by atoms with Crippen molar-refractivity contribution in [3.05, 3.63) is 0 Å². The number of alkyl halides is 2. The minimum atomic E-state index is 0.134. The van der Waals surface area contributed by atoms with Crippen LogP contribution in [0.15, 0.2) is 0 Å². The number of rotatable bonds is 1. The predicted molar refractivity (Wildman–Crippen MR) is 32.0 cm³/mol. The second-order valence-electron chi connectivity index (χ2n) is 2.12. The van der Waals surface area contributed by atoms with Crippen LogP contribution in [-0.4, -0.2) is 21.3 Å². The number of nitrogens with one attached hydrogen (secondary N) is 1. The molecule has 0 aliphatic carbocycles. The molecule has 1 amide bonds. The van der Waals surface area contributed by atoms with Crippen molar-refractivity contribution >= 4 is 5.91 Å². The van der Waals surface area contributed by atoms with Crippen LogP contribution in [-0.2, 0) is 4.79 Å². The molecule has 0 aromatic carbocycles. The van der Waals surface area contributed by atoms with E-state index in [1.807, 2.05) is 0 Å². The molecule has 1 heterocycles. The molecule has 3 heteroatoms. The van der Waals surface area contributed by atoms with E-state index < -0.39 is 0 Å². The first-order chi connectivity index (χ1) is 4.34. The molecule has 0 saturated carbocycles. The number of halogens is 1. The summed E-state index contributed by atoms with van der Waals surface area (Å²) in [7, 11) is 0. The summed E-state index contributed by atoms with van der Waals surface area (Å²) in [6.07, 6.45) is 2.32. The van der Waals surface area contributed by atoms with Crippen LogP contribution in [0.25, 0.3) is 0 Å². The molecule has 54 valence electrons. The van der Waals surface area contributed by atoms with Gasteiger partial charge in [0.25, 0.3) is 0 Å². The molecule has 0 radical (unpaired) electrons. The van der Waals surface area contributed by atoms with Gasteiger partial charge in [-0.3, -0.25) is 0 Å². The SMILES string of the molecule is C[I-]C1CCCNC1=O. The third-order valence-electron chi connectivity index (χ3n) is 1.48. The average molecular weight is 240 g/mol. The van der Waals surface area contributed by atoms with Crippen molar-refractivity contribution in [2.45, 2.75) is 16.8 Å². The minimum absolute atomic E-state index is 0.134. The van der Waals surface area contributed by atoms with Crippen molar-refractivity contribution in [3.63, 3.8) is 0 Å². The van der Waals surface area contributed by atoms with Gasteiger partial charge in [-0.15, -0.1) is 0 Å². The van der Waals surface area contributed by atoms with Crippen LogP contribution >= 0.6 is 0 Å². The molecule has 1 saturated heterocycles. The molecular formula is C6H11INO-. The molecule has 1 aliphatic heterocycles. The van der Waals surface area contributed by atoms with Gasteiger partial charge < -0.3 is 0 Å². The summed E-state index contributed by atoms with van der Waals surface area (Å²) in [5, 5.41) is 2.87. The van der Waals surface area contributed by atoms with E-state index in [9.17, 15) is 4.79 Å². The van der Waals surface area contributed by atoms with Gasteiger partial charge >= 0.3 is 65.5 Å². The fourth-order valence-electron chi connectivity index (χ4n) is 0.943. The van der Waals surface area contributed by atoms with Gasteiger partial charge in [0.05, 0.1) is 0 Å². The first-order valence-corrected chi connectivity index (χ1v) is 6.50. The summed E-state index contributed by atoms with van der Waals surface area (Å²) in [5.41, 5.74) is 0. The number of hydrogen-bond acceptors (Lipinski definition) is 1. The monoisotopic (exact) mass is 240 g/mol. The molecule has 9 heavy (non-hydrogen) atoms. The normalized spacial score (nSPS) is 28.1. The van der Waals surface area contributed by atoms with Crippen LogP contribution in [0.2, 0.25) is 0 Å². The van der Waals surface area contributed by atoms with Gasteiger partial charge in [-0.25, -0.2) is 0 Å². The van der Waals surface area contributed by atoms with Crippen LogP contribution < -0.4 is 26.5 Å². The summed E-state index contributed by atoms with van der Waals surface area (Å²) < 4.78 is 0.414. The fourth-order valence-corrected chi connectivity index (χ4v) is 2.79. The zero-order valence-corrected chi connectivity index (χ0v) is 7.64. The second-order valence-corrected chi connectivity index (χ2v) is 4.87. The van der Waals surface area contributed by atoms with Gasteiger partial charge in [0, 0.05) is 0 Å². The summed E-state index contributed by atoms with van der Waals surface area (Å²) in [4.78, 5) is 13.1. The Kier molecular flexibility index (Phi) is 2.75. The number of hydrogen-bond donors (Lipinski definition) is 1. The van der Waals surface area contributed by atoms with Crippen LogP contribution in [0.1, 0.15) is 12.8 Å². The van der Waals surface area contributed by atoms with Gasteiger partial charge in [0.2, 0.25) is 0 Å². The molecule has 2 nitrogen and oxygen atoms in total. The van der Waals surface area contributed by atoms with Crippen LogP contribution in [0, 0.1) is 0 Å². The molecule has 0 aromatic rings. The molecule has 1 aliphatic rings. The predicted octanol–water partition coefficient (Wildman–Crippen LogP) is -3.02. The molecule has 1 atom stereocenters. The third kappa shape index (κ3) is 1.81. The van der Waals surface area contributed by atoms with Crippen molar-refractivity contribution in [3.8, 4) is 0 Å². The van der Waals surface area contributed by atoms with Crippen molar-refractivity contribution in [2.75, 3.05) is 11.5 Å². The van der Waals surface area contributed by atoms with Gasteiger partial charge in [-0.1, -0.05) is 0 Å². The standard InChI is InChI=1S/C6H11INO/c1-7-5-3-2-4-8-6(5)9/h5H,2-4H2,1H3,(H,8,9)/q-1. The van der Waals surface area contributed by atoms with Crippen LogP contribution in [0.5, 0.6) is 0 Å². The van der Waals surface area contributed by atoms with Gasteiger partial charge in [-0.2, -0.15) is 0 Å². The van der Waals surface area contributed by atoms with E-state index in [1.165, 1.54) is 6.42 Å². The summed E-state index contributed by atoms with van der Waals surface area (Å²) in [6, 6.07) is 0. The zero-order chi connectivity index (χ0) is 6.69. The molecule has 1 fully saturated rings. The van der Waals surface area contributed by atoms with E-state index in [0.29, 0.717) is 9.83 Å². The summed E-state index contributed by atoms with van der Waals surface area (Å²) >= 11 is 0.134. The number of piperidine rings is 1. The summed E-state index contributed by atoms with van der Waals surface area (Å²) in [6.45, 7) is 0.902. The molecule has 1 N–H and O–H groups in total. The molecule has 1 unspecified atom stereocenters. The van der Waals surface area contributed by atoms with Crippen molar-refractivity contribution in [1.29, 1.82) is 0 Å². The molecule has 0 spiro atoms. The Morgan fingerprint density at radius 2 is 2.56 bits per heavy atom. The topological polar surface area (TPSA) is 29.1 Å². The van der Waals surface area contributed by atoms with E-state index in [0.717, 1.165) is 13.0 Å². The number of amides is 1. The van der Waals surface area contributed by atoms with Crippen molar-refractivity contribution in [2.24, 2.45) is 0 Å². The Bertz CT molecular complexity index is 116. The fraction of sp³-hybridized carbons (Fsp3) is 0.833. The summed E-state index contributed by atoms with van der Waals surface area (Å²) in [5.74, 6) is 0.302. The van der Waals surface area contributed by atoms with Crippen molar-refractivity contribution in [1.82, 2.24) is 5.32 Å². The third-order valence-corrected chi connectivity index (χ3v) is 4.17. The quantitative estimate of drug-likeness (QED) is 0.384. The van der Waals surface area contributed by atoms with Gasteiger partial charge in [0.1, 0.15) is 0 Å². The van der Waals surface area contributed by atoms with E-state index in [2.05, 4.69) is 10.2 Å². The maximum atomic E-state index is 10.9. The Hall–Kier alpha value is 0.200. The van der Waals surface area contributed by atoms with Gasteiger partial charge in [-0.05, 0) is 0 Å². The number of carbonyl (C=O) groups excluding carboxylic acids is 1. The molecular weight excluding hydrogens is 229 g/mol. The Labute approximate surface area is 65.7 Å². The average Bonchev–Trinajstić information content (AvgIpc) is 1.89. The van der Waals surface area contributed by atoms with Crippen LogP contribution in [0.4, 0.5) is 0 Å². The van der Waals surface area contributed by atoms with E-state index in [4.69, 9.17) is 0 Å². The number of carbonyl (C=O) groups is 1. The van der Waals surface area contributed by atoms with E-state index in [1.54, 1.807) is 0 Å². The zero-order valence-electron chi connectivity index (χ0n) is 5.48. The first-order valence-electron chi connectivity index (χ1n) is 3.10. The van der Waals surface area contributed by atoms with E-state index >= 15 is 0 Å². The first kappa shape index (κ1) is 7.31. The van der Waals surface area contributed by atoms with E-state index in [-0.39, 0.29) is 21.2 Å². The molecule has 0 aromatic heterocycles. The molecule has 0 bridgehead atoms. The molecule has 1 rings (SSSR count). The van der Waals surface area contributed by atoms with Crippen LogP contribution in [0.3, 0.4) is 0 Å². The Balaban J connectivity index is 2.39. The second kappa shape index (κ2) is 3.39.